The highest BCUT2D eigenvalue weighted by atomic mass is 19.1. The Morgan fingerprint density at radius 1 is 1.48 bits per heavy atom. The van der Waals surface area contributed by atoms with Gasteiger partial charge in [-0.1, -0.05) is 24.3 Å². The number of carbonyl (C=O) groups excluding carboxylic acids is 1. The van der Waals surface area contributed by atoms with Crippen LogP contribution in [-0.4, -0.2) is 30.4 Å². The van der Waals surface area contributed by atoms with Gasteiger partial charge in [0.05, 0.1) is 0 Å². The molecule has 0 saturated heterocycles. The van der Waals surface area contributed by atoms with E-state index in [1.54, 1.807) is 41.5 Å². The van der Waals surface area contributed by atoms with Crippen molar-refractivity contribution in [3.8, 4) is 6.07 Å². The summed E-state index contributed by atoms with van der Waals surface area (Å²) in [5.41, 5.74) is 2.55. The van der Waals surface area contributed by atoms with Gasteiger partial charge in [-0.2, -0.15) is 5.26 Å². The number of carbonyl (C=O) groups is 1. The molecular weight excluding hydrogens is 319 g/mol. The molecule has 0 amide bonds. The molecular formula is C20H17FN2O2. The van der Waals surface area contributed by atoms with E-state index in [2.05, 4.69) is 12.6 Å². The van der Waals surface area contributed by atoms with Crippen LogP contribution in [0.4, 0.5) is 4.39 Å². The highest BCUT2D eigenvalue weighted by molar-refractivity contribution is 5.98. The van der Waals surface area contributed by atoms with Gasteiger partial charge in [0.15, 0.2) is 5.78 Å². The fraction of sp³-hybridized carbons (Fsp3) is 0.200. The molecule has 1 aliphatic heterocycles. The summed E-state index contributed by atoms with van der Waals surface area (Å²) < 4.78 is 19.7. The van der Waals surface area contributed by atoms with E-state index in [9.17, 15) is 14.4 Å². The van der Waals surface area contributed by atoms with Crippen molar-refractivity contribution in [2.45, 2.75) is 12.5 Å². The lowest BCUT2D eigenvalue weighted by molar-refractivity contribution is -0.125. The predicted molar refractivity (Wildman–Crippen MR) is 92.4 cm³/mol. The highest BCUT2D eigenvalue weighted by Gasteiger charge is 2.33. The lowest BCUT2D eigenvalue weighted by Gasteiger charge is -2.33. The smallest absolute Gasteiger partial charge is 0.169 e. The zero-order valence-electron chi connectivity index (χ0n) is 13.8. The van der Waals surface area contributed by atoms with E-state index in [-0.39, 0.29) is 12.2 Å². The Kier molecular flexibility index (Phi) is 4.64. The number of nitriles is 1. The second-order valence-electron chi connectivity index (χ2n) is 5.79. The van der Waals surface area contributed by atoms with Gasteiger partial charge in [0.1, 0.15) is 23.7 Å². The van der Waals surface area contributed by atoms with Gasteiger partial charge in [0, 0.05) is 37.4 Å². The maximum absolute atomic E-state index is 14.5. The average molecular weight is 336 g/mol. The Hall–Kier alpha value is -2.97. The van der Waals surface area contributed by atoms with Crippen molar-refractivity contribution in [2.24, 2.45) is 0 Å². The van der Waals surface area contributed by atoms with Gasteiger partial charge in [-0.3, -0.25) is 4.79 Å². The van der Waals surface area contributed by atoms with E-state index in [0.717, 1.165) is 5.57 Å². The second kappa shape index (κ2) is 6.88. The summed E-state index contributed by atoms with van der Waals surface area (Å²) in [7, 11) is 1.46. The van der Waals surface area contributed by atoms with Crippen molar-refractivity contribution in [1.29, 1.82) is 5.26 Å². The lowest BCUT2D eigenvalue weighted by Crippen LogP contribution is -2.31. The fourth-order valence-electron chi connectivity index (χ4n) is 3.16. The lowest BCUT2D eigenvalue weighted by atomic mass is 9.81. The monoisotopic (exact) mass is 336 g/mol. The Morgan fingerprint density at radius 3 is 2.88 bits per heavy atom. The number of ketones is 1. The number of allylic oxidation sites excluding steroid dienone is 4. The van der Waals surface area contributed by atoms with Crippen LogP contribution >= 0.6 is 0 Å². The first-order valence-corrected chi connectivity index (χ1v) is 7.86. The van der Waals surface area contributed by atoms with Crippen LogP contribution in [0, 0.1) is 17.1 Å². The van der Waals surface area contributed by atoms with Gasteiger partial charge in [-0.25, -0.2) is 4.39 Å². The molecule has 1 heterocycles. The van der Waals surface area contributed by atoms with E-state index < -0.39 is 11.9 Å². The number of fused-ring (bicyclic) bond motifs is 1. The van der Waals surface area contributed by atoms with Gasteiger partial charge in [0.25, 0.3) is 0 Å². The van der Waals surface area contributed by atoms with E-state index in [1.807, 2.05) is 0 Å². The molecule has 0 aromatic heterocycles. The fourth-order valence-corrected chi connectivity index (χ4v) is 3.16. The maximum Gasteiger partial charge on any atom is 0.169 e. The Balaban J connectivity index is 2.27. The van der Waals surface area contributed by atoms with Gasteiger partial charge in [-0.15, -0.1) is 6.58 Å². The number of Topliss-reactive ketones (excluding diaryl/α,β-unsaturated/α-hetero) is 1. The number of hydrogen-bond acceptors (Lipinski definition) is 4. The van der Waals surface area contributed by atoms with E-state index in [0.29, 0.717) is 29.0 Å². The van der Waals surface area contributed by atoms with Gasteiger partial charge in [0.2, 0.25) is 0 Å². The molecule has 5 heteroatoms. The number of hydrogen-bond donors (Lipinski definition) is 0. The molecule has 0 saturated carbocycles. The maximum atomic E-state index is 14.5. The van der Waals surface area contributed by atoms with Crippen LogP contribution in [0.1, 0.15) is 12.0 Å². The molecule has 0 fully saturated rings. The third kappa shape index (κ3) is 2.92. The first-order valence-electron chi connectivity index (χ1n) is 7.86. The summed E-state index contributed by atoms with van der Waals surface area (Å²) in [5, 5.41) is 9.72. The summed E-state index contributed by atoms with van der Waals surface area (Å²) in [6.45, 7) is 4.09. The number of ether oxygens (including phenoxy) is 1. The molecule has 3 rings (SSSR count). The number of halogens is 1. The molecule has 1 aromatic carbocycles. The minimum Gasteiger partial charge on any atom is -0.370 e. The van der Waals surface area contributed by atoms with Crippen molar-refractivity contribution in [3.05, 3.63) is 77.4 Å². The zero-order valence-corrected chi connectivity index (χ0v) is 13.8. The van der Waals surface area contributed by atoms with Crippen LogP contribution < -0.4 is 0 Å². The first-order chi connectivity index (χ1) is 12.1. The van der Waals surface area contributed by atoms with Crippen LogP contribution in [0.2, 0.25) is 0 Å². The van der Waals surface area contributed by atoms with E-state index >= 15 is 0 Å². The molecule has 25 heavy (non-hydrogen) atoms. The van der Waals surface area contributed by atoms with Crippen molar-refractivity contribution < 1.29 is 13.9 Å². The summed E-state index contributed by atoms with van der Waals surface area (Å²) in [4.78, 5) is 13.9. The molecule has 0 N–H and O–H groups in total. The highest BCUT2D eigenvalue weighted by Crippen LogP contribution is 2.41. The zero-order chi connectivity index (χ0) is 18.0. The molecule has 1 aliphatic carbocycles. The van der Waals surface area contributed by atoms with E-state index in [4.69, 9.17) is 4.74 Å². The molecule has 0 spiro atoms. The summed E-state index contributed by atoms with van der Waals surface area (Å²) in [6.07, 6.45) is 4.57. The van der Waals surface area contributed by atoms with Crippen molar-refractivity contribution in [3.63, 3.8) is 0 Å². The molecule has 4 nitrogen and oxygen atoms in total. The van der Waals surface area contributed by atoms with Crippen LogP contribution in [-0.2, 0) is 9.53 Å². The number of benzene rings is 1. The van der Waals surface area contributed by atoms with Crippen molar-refractivity contribution in [1.82, 2.24) is 4.90 Å². The molecule has 0 radical (unpaired) electrons. The molecule has 0 bridgehead atoms. The molecule has 2 aliphatic rings. The molecule has 1 aromatic rings. The van der Waals surface area contributed by atoms with Crippen LogP contribution in [0.25, 0.3) is 5.57 Å². The third-order valence-corrected chi connectivity index (χ3v) is 4.28. The summed E-state index contributed by atoms with van der Waals surface area (Å²) >= 11 is 0. The van der Waals surface area contributed by atoms with Gasteiger partial charge in [-0.05, 0) is 23.3 Å². The largest absolute Gasteiger partial charge is 0.370 e. The SMILES string of the molecule is C=CCN1C=C2CC(=O)C(OC)C=C2C(c2ccccc2F)=C1C#N. The number of methoxy groups -OCH3 is 1. The second-order valence-corrected chi connectivity index (χ2v) is 5.79. The Morgan fingerprint density at radius 2 is 2.24 bits per heavy atom. The number of nitrogens with zero attached hydrogens (tertiary/aromatic N) is 2. The molecule has 1 unspecified atom stereocenters. The summed E-state index contributed by atoms with van der Waals surface area (Å²) in [5.74, 6) is -0.485. The minimum atomic E-state index is -0.695. The van der Waals surface area contributed by atoms with Crippen molar-refractivity contribution >= 4 is 11.4 Å². The molecule has 1 atom stereocenters. The molecule has 126 valence electrons. The van der Waals surface area contributed by atoms with Crippen LogP contribution in [0.5, 0.6) is 0 Å². The Bertz CT molecular complexity index is 874. The van der Waals surface area contributed by atoms with Gasteiger partial charge < -0.3 is 9.64 Å². The first kappa shape index (κ1) is 16.9. The quantitative estimate of drug-likeness (QED) is 0.791. The van der Waals surface area contributed by atoms with Gasteiger partial charge >= 0.3 is 0 Å². The topological polar surface area (TPSA) is 53.3 Å². The van der Waals surface area contributed by atoms with E-state index in [1.165, 1.54) is 13.2 Å². The van der Waals surface area contributed by atoms with Crippen LogP contribution in [0.15, 0.2) is 66.0 Å². The van der Waals surface area contributed by atoms with Crippen molar-refractivity contribution in [2.75, 3.05) is 13.7 Å². The minimum absolute atomic E-state index is 0.0654. The summed E-state index contributed by atoms with van der Waals surface area (Å²) in [6, 6.07) is 8.48. The third-order valence-electron chi connectivity index (χ3n) is 4.28. The number of rotatable bonds is 4. The average Bonchev–Trinajstić information content (AvgIpc) is 2.61. The predicted octanol–water partition coefficient (Wildman–Crippen LogP) is 3.36. The standard InChI is InChI=1S/C20H17FN2O2/c1-3-8-23-12-13-9-18(24)19(25-2)10-15(13)20(17(23)11-22)14-6-4-5-7-16(14)21/h3-7,10,12,19H,1,8-9H2,2H3. The normalized spacial score (nSPS) is 19.8. The Labute approximate surface area is 145 Å². The van der Waals surface area contributed by atoms with Crippen LogP contribution in [0.3, 0.4) is 0 Å².